The van der Waals surface area contributed by atoms with Gasteiger partial charge in [0.05, 0.1) is 11.4 Å². The number of aryl methyl sites for hydroxylation is 1. The highest BCUT2D eigenvalue weighted by Crippen LogP contribution is 2.11. The van der Waals surface area contributed by atoms with E-state index in [-0.39, 0.29) is 0 Å². The fourth-order valence-electron chi connectivity index (χ4n) is 2.27. The van der Waals surface area contributed by atoms with Gasteiger partial charge in [-0.1, -0.05) is 18.2 Å². The Morgan fingerprint density at radius 1 is 1.29 bits per heavy atom. The van der Waals surface area contributed by atoms with E-state index in [1.165, 1.54) is 0 Å². The van der Waals surface area contributed by atoms with Gasteiger partial charge < -0.3 is 19.8 Å². The van der Waals surface area contributed by atoms with Crippen LogP contribution in [0.3, 0.4) is 0 Å². The first kappa shape index (κ1) is 18.0. The third kappa shape index (κ3) is 5.38. The van der Waals surface area contributed by atoms with Crippen molar-refractivity contribution in [1.29, 1.82) is 0 Å². The maximum absolute atomic E-state index is 11.5. The van der Waals surface area contributed by atoms with Crippen LogP contribution in [0.1, 0.15) is 32.2 Å². The summed E-state index contributed by atoms with van der Waals surface area (Å²) in [6, 6.07) is 5.98. The molecule has 2 N–H and O–H groups in total. The summed E-state index contributed by atoms with van der Waals surface area (Å²) in [4.78, 5) is 16.0. The molecular formula is C18H26N4O2. The van der Waals surface area contributed by atoms with Crippen LogP contribution in [0, 0.1) is 6.92 Å². The van der Waals surface area contributed by atoms with Crippen molar-refractivity contribution in [1.82, 2.24) is 20.0 Å². The molecule has 6 heteroatoms. The number of hydrogen-bond donors (Lipinski definition) is 2. The van der Waals surface area contributed by atoms with Crippen LogP contribution in [0.4, 0.5) is 4.79 Å². The summed E-state index contributed by atoms with van der Waals surface area (Å²) in [7, 11) is 0. The smallest absolute Gasteiger partial charge is 0.407 e. The van der Waals surface area contributed by atoms with Crippen LogP contribution in [0.5, 0.6) is 0 Å². The number of imidazole rings is 1. The highest BCUT2D eigenvalue weighted by atomic mass is 16.6. The fraction of sp³-hybridized carbons (Fsp3) is 0.444. The van der Waals surface area contributed by atoms with E-state index < -0.39 is 11.7 Å². The number of fused-ring (bicyclic) bond motifs is 1. The van der Waals surface area contributed by atoms with Gasteiger partial charge in [0, 0.05) is 25.8 Å². The van der Waals surface area contributed by atoms with Gasteiger partial charge in [0.1, 0.15) is 11.2 Å². The molecule has 6 nitrogen and oxygen atoms in total. The van der Waals surface area contributed by atoms with Crippen LogP contribution >= 0.6 is 0 Å². The Hall–Kier alpha value is -2.34. The molecule has 0 aliphatic carbocycles. The van der Waals surface area contributed by atoms with Gasteiger partial charge >= 0.3 is 6.09 Å². The number of pyridine rings is 1. The predicted molar refractivity (Wildman–Crippen MR) is 95.0 cm³/mol. The van der Waals surface area contributed by atoms with E-state index in [1.807, 2.05) is 64.2 Å². The minimum Gasteiger partial charge on any atom is -0.444 e. The second kappa shape index (κ2) is 7.97. The Labute approximate surface area is 142 Å². The molecule has 0 aliphatic rings. The molecule has 0 radical (unpaired) electrons. The number of carbonyl (C=O) groups excluding carboxylic acids is 1. The maximum Gasteiger partial charge on any atom is 0.407 e. The second-order valence-corrected chi connectivity index (χ2v) is 6.56. The van der Waals surface area contributed by atoms with Gasteiger partial charge in [-0.2, -0.15) is 0 Å². The maximum atomic E-state index is 11.5. The van der Waals surface area contributed by atoms with Gasteiger partial charge in [-0.05, 0) is 39.8 Å². The van der Waals surface area contributed by atoms with Crippen LogP contribution in [0.15, 0.2) is 36.5 Å². The van der Waals surface area contributed by atoms with Crippen LogP contribution in [0.25, 0.3) is 5.65 Å². The summed E-state index contributed by atoms with van der Waals surface area (Å²) < 4.78 is 7.25. The van der Waals surface area contributed by atoms with Crippen LogP contribution in [-0.4, -0.2) is 34.2 Å². The highest BCUT2D eigenvalue weighted by molar-refractivity contribution is 5.67. The molecule has 24 heavy (non-hydrogen) atoms. The number of aromatic nitrogens is 2. The first-order valence-electron chi connectivity index (χ1n) is 8.12. The number of nitrogens with zero attached hydrogens (tertiary/aromatic N) is 2. The molecule has 0 unspecified atom stereocenters. The zero-order chi connectivity index (χ0) is 17.6. The first-order chi connectivity index (χ1) is 11.4. The Kier molecular flexibility index (Phi) is 5.98. The Balaban J connectivity index is 1.71. The van der Waals surface area contributed by atoms with E-state index in [2.05, 4.69) is 20.0 Å². The summed E-state index contributed by atoms with van der Waals surface area (Å²) in [6.07, 6.45) is 5.50. The van der Waals surface area contributed by atoms with Crippen molar-refractivity contribution in [3.8, 4) is 0 Å². The van der Waals surface area contributed by atoms with Crippen LogP contribution in [-0.2, 0) is 11.3 Å². The molecule has 2 aromatic rings. The molecule has 130 valence electrons. The molecule has 2 aromatic heterocycles. The number of rotatable bonds is 6. The van der Waals surface area contributed by atoms with E-state index in [0.717, 1.165) is 30.1 Å². The fourth-order valence-corrected chi connectivity index (χ4v) is 2.27. The number of amides is 1. The Morgan fingerprint density at radius 3 is 2.79 bits per heavy atom. The highest BCUT2D eigenvalue weighted by Gasteiger charge is 2.14. The minimum atomic E-state index is -0.471. The Bertz CT molecular complexity index is 713. The van der Waals surface area contributed by atoms with E-state index in [1.54, 1.807) is 0 Å². The third-order valence-corrected chi connectivity index (χ3v) is 3.31. The average molecular weight is 330 g/mol. The summed E-state index contributed by atoms with van der Waals surface area (Å²) in [5.74, 6) is 0. The predicted octanol–water partition coefficient (Wildman–Crippen LogP) is 2.81. The van der Waals surface area contributed by atoms with Crippen molar-refractivity contribution in [2.45, 2.75) is 39.8 Å². The lowest BCUT2D eigenvalue weighted by Gasteiger charge is -2.19. The summed E-state index contributed by atoms with van der Waals surface area (Å²) in [5, 5.41) is 6.04. The molecule has 0 bridgehead atoms. The van der Waals surface area contributed by atoms with E-state index in [9.17, 15) is 4.79 Å². The van der Waals surface area contributed by atoms with Gasteiger partial charge in [-0.15, -0.1) is 0 Å². The van der Waals surface area contributed by atoms with Crippen molar-refractivity contribution in [3.05, 3.63) is 47.9 Å². The number of hydrogen-bond acceptors (Lipinski definition) is 4. The van der Waals surface area contributed by atoms with Gasteiger partial charge in [-0.3, -0.25) is 0 Å². The lowest BCUT2D eigenvalue weighted by atomic mass is 10.2. The van der Waals surface area contributed by atoms with Crippen molar-refractivity contribution in [2.24, 2.45) is 0 Å². The average Bonchev–Trinajstić information content (AvgIpc) is 2.80. The Morgan fingerprint density at radius 2 is 2.04 bits per heavy atom. The summed E-state index contributed by atoms with van der Waals surface area (Å²) in [5.41, 5.74) is 2.68. The van der Waals surface area contributed by atoms with Crippen molar-refractivity contribution in [2.75, 3.05) is 13.1 Å². The normalized spacial score (nSPS) is 12.0. The molecule has 0 fully saturated rings. The molecule has 0 spiro atoms. The minimum absolute atomic E-state index is 0.401. The van der Waals surface area contributed by atoms with Crippen LogP contribution < -0.4 is 10.6 Å². The van der Waals surface area contributed by atoms with E-state index in [0.29, 0.717) is 6.54 Å². The number of ether oxygens (including phenoxy) is 1. The van der Waals surface area contributed by atoms with Gasteiger partial charge in [0.15, 0.2) is 0 Å². The van der Waals surface area contributed by atoms with Crippen molar-refractivity contribution >= 4 is 11.7 Å². The number of nitrogens with one attached hydrogen (secondary N) is 2. The molecule has 2 rings (SSSR count). The third-order valence-electron chi connectivity index (χ3n) is 3.31. The SMILES string of the molecule is Cc1nc2ccccn2c1CNC/C=C/CNC(=O)OC(C)(C)C. The van der Waals surface area contributed by atoms with Crippen molar-refractivity contribution < 1.29 is 9.53 Å². The summed E-state index contributed by atoms with van der Waals surface area (Å²) in [6.45, 7) is 9.45. The van der Waals surface area contributed by atoms with Gasteiger partial charge in [-0.25, -0.2) is 9.78 Å². The lowest BCUT2D eigenvalue weighted by Crippen LogP contribution is -2.32. The van der Waals surface area contributed by atoms with E-state index in [4.69, 9.17) is 4.74 Å². The van der Waals surface area contributed by atoms with Gasteiger partial charge in [0.25, 0.3) is 0 Å². The molecule has 0 saturated carbocycles. The standard InChI is InChI=1S/C18H26N4O2/c1-14-15(22-12-8-5-9-16(22)21-14)13-19-10-6-7-11-20-17(23)24-18(2,3)4/h5-9,12,19H,10-11,13H2,1-4H3,(H,20,23)/b7-6+. The van der Waals surface area contributed by atoms with E-state index >= 15 is 0 Å². The van der Waals surface area contributed by atoms with Crippen LogP contribution in [0.2, 0.25) is 0 Å². The molecule has 0 atom stereocenters. The van der Waals surface area contributed by atoms with Crippen molar-refractivity contribution in [3.63, 3.8) is 0 Å². The number of alkyl carbamates (subject to hydrolysis) is 1. The molecule has 0 saturated heterocycles. The quantitative estimate of drug-likeness (QED) is 0.631. The largest absolute Gasteiger partial charge is 0.444 e. The number of carbonyl (C=O) groups is 1. The lowest BCUT2D eigenvalue weighted by molar-refractivity contribution is 0.0534. The molecule has 2 heterocycles. The second-order valence-electron chi connectivity index (χ2n) is 6.56. The summed E-state index contributed by atoms with van der Waals surface area (Å²) >= 11 is 0. The molecular weight excluding hydrogens is 304 g/mol. The molecule has 0 aliphatic heterocycles. The molecule has 0 aromatic carbocycles. The monoisotopic (exact) mass is 330 g/mol. The topological polar surface area (TPSA) is 67.7 Å². The zero-order valence-electron chi connectivity index (χ0n) is 14.8. The first-order valence-corrected chi connectivity index (χ1v) is 8.12. The zero-order valence-corrected chi connectivity index (χ0v) is 14.8. The van der Waals surface area contributed by atoms with Gasteiger partial charge in [0.2, 0.25) is 0 Å². The molecule has 1 amide bonds.